The molecule has 1 fully saturated rings. The summed E-state index contributed by atoms with van der Waals surface area (Å²) >= 11 is 1.53. The van der Waals surface area contributed by atoms with Gasteiger partial charge in [0.2, 0.25) is 0 Å². The molecule has 0 bridgehead atoms. The summed E-state index contributed by atoms with van der Waals surface area (Å²) in [6, 6.07) is 13.3. The van der Waals surface area contributed by atoms with E-state index in [0.717, 1.165) is 40.6 Å². The summed E-state index contributed by atoms with van der Waals surface area (Å²) in [5.41, 5.74) is 3.87. The average molecular weight is 476 g/mol. The first-order valence-electron chi connectivity index (χ1n) is 10.7. The molecule has 0 spiro atoms. The zero-order chi connectivity index (χ0) is 23.0. The average Bonchev–Trinajstić information content (AvgIpc) is 2.82. The van der Waals surface area contributed by atoms with Gasteiger partial charge in [-0.25, -0.2) is 13.8 Å². The Balaban J connectivity index is 1.86. The van der Waals surface area contributed by atoms with Crippen molar-refractivity contribution in [2.45, 2.75) is 48.8 Å². The van der Waals surface area contributed by atoms with Crippen molar-refractivity contribution in [1.29, 1.82) is 0 Å². The molecule has 3 rings (SSSR count). The van der Waals surface area contributed by atoms with Crippen molar-refractivity contribution >= 4 is 39.1 Å². The molecular weight excluding hydrogens is 446 g/mol. The number of benzene rings is 2. The zero-order valence-corrected chi connectivity index (χ0v) is 20.0. The number of amides is 1. The Morgan fingerprint density at radius 3 is 2.31 bits per heavy atom. The molecule has 0 unspecified atom stereocenters. The molecule has 1 saturated carbocycles. The molecule has 0 heterocycles. The highest BCUT2D eigenvalue weighted by atomic mass is 32.2. The van der Waals surface area contributed by atoms with E-state index in [1.807, 2.05) is 13.2 Å². The predicted octanol–water partition coefficient (Wildman–Crippen LogP) is 4.44. The Labute approximate surface area is 194 Å². The molecule has 2 aromatic carbocycles. The van der Waals surface area contributed by atoms with Gasteiger partial charge < -0.3 is 4.74 Å². The number of carbonyl (C=O) groups excluding carboxylic acids is 1. The lowest BCUT2D eigenvalue weighted by Crippen LogP contribution is -2.39. The van der Waals surface area contributed by atoms with Crippen LogP contribution in [0.5, 0.6) is 5.75 Å². The molecule has 1 aliphatic rings. The van der Waals surface area contributed by atoms with E-state index in [2.05, 4.69) is 10.5 Å². The van der Waals surface area contributed by atoms with E-state index < -0.39 is 15.9 Å². The summed E-state index contributed by atoms with van der Waals surface area (Å²) < 4.78 is 33.5. The lowest BCUT2D eigenvalue weighted by molar-refractivity contribution is -0.119. The molecule has 32 heavy (non-hydrogen) atoms. The van der Waals surface area contributed by atoms with Crippen LogP contribution in [0, 0.1) is 0 Å². The number of thioether (sulfide) groups is 1. The summed E-state index contributed by atoms with van der Waals surface area (Å²) in [4.78, 5) is 13.7. The molecule has 0 atom stereocenters. The lowest BCUT2D eigenvalue weighted by atomic mass is 9.99. The third-order valence-corrected chi connectivity index (χ3v) is 7.67. The Kier molecular flexibility index (Phi) is 8.58. The third kappa shape index (κ3) is 6.26. The first kappa shape index (κ1) is 24.1. The van der Waals surface area contributed by atoms with Crippen LogP contribution in [0.15, 0.2) is 63.4 Å². The summed E-state index contributed by atoms with van der Waals surface area (Å²) in [6.07, 6.45) is 6.95. The lowest BCUT2D eigenvalue weighted by Gasteiger charge is -2.24. The first-order chi connectivity index (χ1) is 15.4. The summed E-state index contributed by atoms with van der Waals surface area (Å²) in [5, 5.41) is 4.22. The number of nitrogens with zero attached hydrogens (tertiary/aromatic N) is 2. The molecule has 0 aromatic heterocycles. The Morgan fingerprint density at radius 2 is 1.72 bits per heavy atom. The van der Waals surface area contributed by atoms with E-state index in [-0.39, 0.29) is 11.4 Å². The maximum atomic E-state index is 13.5. The van der Waals surface area contributed by atoms with Gasteiger partial charge >= 0.3 is 0 Å². The number of ether oxygens (including phenoxy) is 1. The van der Waals surface area contributed by atoms with Gasteiger partial charge in [0.15, 0.2) is 0 Å². The third-order valence-electron chi connectivity index (χ3n) is 5.14. The highest BCUT2D eigenvalue weighted by Crippen LogP contribution is 2.27. The smallest absolute Gasteiger partial charge is 0.264 e. The zero-order valence-electron chi connectivity index (χ0n) is 18.4. The van der Waals surface area contributed by atoms with Crippen LogP contribution in [0.1, 0.15) is 39.0 Å². The molecule has 1 aliphatic carbocycles. The second kappa shape index (κ2) is 11.4. The molecule has 0 radical (unpaired) electrons. The minimum absolute atomic E-state index is 0.121. The SMILES string of the molecule is CCOc1ccc(N(CC(=O)NN=C2CCCCC2)S(=O)(=O)c2ccc(SC)cc2)cc1. The normalized spacial score (nSPS) is 14.0. The number of sulfonamides is 1. The van der Waals surface area contributed by atoms with E-state index in [0.29, 0.717) is 18.0 Å². The fraction of sp³-hybridized carbons (Fsp3) is 0.391. The standard InChI is InChI=1S/C23H29N3O4S2/c1-3-30-20-11-9-19(10-12-20)26(17-23(27)25-24-18-7-5-4-6-8-18)32(28,29)22-15-13-21(31-2)14-16-22/h9-16H,3-8,17H2,1-2H3,(H,25,27). The van der Waals surface area contributed by atoms with Crippen LogP contribution in [0.2, 0.25) is 0 Å². The quantitative estimate of drug-likeness (QED) is 0.428. The summed E-state index contributed by atoms with van der Waals surface area (Å²) in [5.74, 6) is 0.146. The fourth-order valence-corrected chi connectivity index (χ4v) is 5.27. The van der Waals surface area contributed by atoms with Crippen LogP contribution in [-0.4, -0.2) is 39.4 Å². The van der Waals surface area contributed by atoms with Crippen LogP contribution in [0.3, 0.4) is 0 Å². The van der Waals surface area contributed by atoms with Gasteiger partial charge in [-0.05, 0) is 87.4 Å². The van der Waals surface area contributed by atoms with Crippen LogP contribution in [0.4, 0.5) is 5.69 Å². The maximum Gasteiger partial charge on any atom is 0.264 e. The highest BCUT2D eigenvalue weighted by Gasteiger charge is 2.27. The molecule has 0 saturated heterocycles. The highest BCUT2D eigenvalue weighted by molar-refractivity contribution is 7.98. The van der Waals surface area contributed by atoms with Crippen LogP contribution < -0.4 is 14.5 Å². The van der Waals surface area contributed by atoms with Crippen molar-refractivity contribution in [3.05, 3.63) is 48.5 Å². The van der Waals surface area contributed by atoms with Gasteiger partial charge in [0, 0.05) is 10.6 Å². The molecule has 2 aromatic rings. The number of nitrogens with one attached hydrogen (secondary N) is 1. The van der Waals surface area contributed by atoms with Crippen LogP contribution in [-0.2, 0) is 14.8 Å². The van der Waals surface area contributed by atoms with E-state index in [1.165, 1.54) is 18.2 Å². The minimum atomic E-state index is -3.97. The second-order valence-corrected chi connectivity index (χ2v) is 10.1. The number of carbonyl (C=O) groups is 1. The van der Waals surface area contributed by atoms with Crippen molar-refractivity contribution in [2.75, 3.05) is 23.7 Å². The molecule has 1 N–H and O–H groups in total. The van der Waals surface area contributed by atoms with Crippen molar-refractivity contribution in [1.82, 2.24) is 5.43 Å². The molecular formula is C23H29N3O4S2. The second-order valence-electron chi connectivity index (χ2n) is 7.39. The first-order valence-corrected chi connectivity index (χ1v) is 13.3. The minimum Gasteiger partial charge on any atom is -0.494 e. The Bertz CT molecular complexity index is 1030. The summed E-state index contributed by atoms with van der Waals surface area (Å²) in [7, 11) is -3.97. The number of hydrogen-bond acceptors (Lipinski definition) is 6. The van der Waals surface area contributed by atoms with Crippen molar-refractivity contribution in [2.24, 2.45) is 5.10 Å². The maximum absolute atomic E-state index is 13.5. The monoisotopic (exact) mass is 475 g/mol. The van der Waals surface area contributed by atoms with Gasteiger partial charge in [-0.2, -0.15) is 5.10 Å². The number of anilines is 1. The molecule has 7 nitrogen and oxygen atoms in total. The molecule has 9 heteroatoms. The van der Waals surface area contributed by atoms with E-state index in [9.17, 15) is 13.2 Å². The van der Waals surface area contributed by atoms with Gasteiger partial charge in [-0.3, -0.25) is 9.10 Å². The topological polar surface area (TPSA) is 88.1 Å². The Hall–Kier alpha value is -2.52. The van der Waals surface area contributed by atoms with Gasteiger partial charge in [-0.1, -0.05) is 6.42 Å². The fourth-order valence-electron chi connectivity index (χ4n) is 3.44. The van der Waals surface area contributed by atoms with Crippen molar-refractivity contribution in [3.63, 3.8) is 0 Å². The van der Waals surface area contributed by atoms with Gasteiger partial charge in [0.25, 0.3) is 15.9 Å². The predicted molar refractivity (Wildman–Crippen MR) is 129 cm³/mol. The van der Waals surface area contributed by atoms with Gasteiger partial charge in [-0.15, -0.1) is 11.8 Å². The molecule has 0 aliphatic heterocycles. The van der Waals surface area contributed by atoms with Crippen molar-refractivity contribution in [3.8, 4) is 5.75 Å². The van der Waals surface area contributed by atoms with Crippen molar-refractivity contribution < 1.29 is 17.9 Å². The number of hydrogen-bond donors (Lipinski definition) is 1. The van der Waals surface area contributed by atoms with E-state index in [1.54, 1.807) is 48.5 Å². The van der Waals surface area contributed by atoms with Crippen LogP contribution in [0.25, 0.3) is 0 Å². The number of hydrazone groups is 1. The summed E-state index contributed by atoms with van der Waals surface area (Å²) in [6.45, 7) is 2.00. The van der Waals surface area contributed by atoms with Gasteiger partial charge in [0.05, 0.1) is 17.2 Å². The molecule has 1 amide bonds. The van der Waals surface area contributed by atoms with E-state index in [4.69, 9.17) is 4.74 Å². The van der Waals surface area contributed by atoms with Crippen LogP contribution >= 0.6 is 11.8 Å². The molecule has 172 valence electrons. The largest absolute Gasteiger partial charge is 0.494 e. The van der Waals surface area contributed by atoms with E-state index >= 15 is 0 Å². The van der Waals surface area contributed by atoms with Gasteiger partial charge in [0.1, 0.15) is 12.3 Å². The number of rotatable bonds is 9. The Morgan fingerprint density at radius 1 is 1.06 bits per heavy atom.